The van der Waals surface area contributed by atoms with Gasteiger partial charge in [0.05, 0.1) is 5.56 Å². The molecule has 4 rings (SSSR count). The first-order chi connectivity index (χ1) is 17.0. The summed E-state index contributed by atoms with van der Waals surface area (Å²) in [6, 6.07) is 6.61. The van der Waals surface area contributed by atoms with Crippen molar-refractivity contribution >= 4 is 23.2 Å². The van der Waals surface area contributed by atoms with E-state index in [9.17, 15) is 27.6 Å². The van der Waals surface area contributed by atoms with Gasteiger partial charge in [-0.25, -0.2) is 14.6 Å². The number of carbonyl (C=O) groups excluding carboxylic acids is 1. The molecule has 0 saturated carbocycles. The van der Waals surface area contributed by atoms with Crippen LogP contribution >= 0.6 is 12.2 Å². The summed E-state index contributed by atoms with van der Waals surface area (Å²) in [6.07, 6.45) is -5.01. The minimum atomic E-state index is -5.00. The van der Waals surface area contributed by atoms with Crippen LogP contribution in [0.25, 0.3) is 0 Å². The maximum absolute atomic E-state index is 13.2. The number of aryl methyl sites for hydroxylation is 1. The Labute approximate surface area is 206 Å². The number of nitrogens with one attached hydrogen (secondary N) is 2. The third kappa shape index (κ3) is 5.54. The largest absolute Gasteiger partial charge is 0.474 e. The van der Waals surface area contributed by atoms with Crippen molar-refractivity contribution < 1.29 is 32.2 Å². The zero-order valence-electron chi connectivity index (χ0n) is 18.6. The Morgan fingerprint density at radius 3 is 2.64 bits per heavy atom. The van der Waals surface area contributed by atoms with E-state index >= 15 is 0 Å². The Hall–Kier alpha value is -3.78. The van der Waals surface area contributed by atoms with Gasteiger partial charge in [-0.05, 0) is 31.3 Å². The Balaban J connectivity index is 1.57. The molecule has 1 aliphatic heterocycles. The molecule has 0 aliphatic carbocycles. The number of thiocarbonyl (C=S) groups is 1. The van der Waals surface area contributed by atoms with Crippen LogP contribution in [0.15, 0.2) is 52.4 Å². The molecule has 1 fully saturated rings. The highest BCUT2D eigenvalue weighted by Gasteiger charge is 2.42. The zero-order valence-corrected chi connectivity index (χ0v) is 19.4. The van der Waals surface area contributed by atoms with Crippen LogP contribution in [0.4, 0.5) is 13.2 Å². The molecule has 2 aromatic heterocycles. The number of hydrogen-bond acceptors (Lipinski definition) is 8. The van der Waals surface area contributed by atoms with Crippen LogP contribution in [0.2, 0.25) is 0 Å². The SMILES string of the molecule is Cc1ccc(C(=O)OC[C@H]2O[C@@H](n3cc(C(F)(F)F)c(=O)[nH]c3=O)C[C@@H]2OC(=S)c2ncc[nH]2)cc1. The van der Waals surface area contributed by atoms with Crippen LogP contribution in [0.3, 0.4) is 0 Å². The van der Waals surface area contributed by atoms with Gasteiger partial charge in [-0.15, -0.1) is 0 Å². The number of carbonyl (C=O) groups is 1. The summed E-state index contributed by atoms with van der Waals surface area (Å²) >= 11 is 5.21. The predicted molar refractivity (Wildman–Crippen MR) is 121 cm³/mol. The highest BCUT2D eigenvalue weighted by Crippen LogP contribution is 2.32. The molecule has 0 radical (unpaired) electrons. The van der Waals surface area contributed by atoms with Crippen LogP contribution in [0.1, 0.15) is 40.0 Å². The average molecular weight is 524 g/mol. The molecule has 0 amide bonds. The smallest absolute Gasteiger partial charge is 0.423 e. The number of benzene rings is 1. The van der Waals surface area contributed by atoms with Gasteiger partial charge in [-0.2, -0.15) is 13.2 Å². The van der Waals surface area contributed by atoms with Gasteiger partial charge in [0.2, 0.25) is 5.05 Å². The second-order valence-electron chi connectivity index (χ2n) is 7.92. The van der Waals surface area contributed by atoms with Gasteiger partial charge < -0.3 is 19.2 Å². The van der Waals surface area contributed by atoms with Gasteiger partial charge in [0, 0.05) is 25.0 Å². The Morgan fingerprint density at radius 2 is 2.00 bits per heavy atom. The third-order valence-corrected chi connectivity index (χ3v) is 5.67. The van der Waals surface area contributed by atoms with Crippen molar-refractivity contribution in [1.29, 1.82) is 0 Å². The molecule has 0 unspecified atom stereocenters. The molecule has 0 spiro atoms. The second-order valence-corrected chi connectivity index (χ2v) is 8.29. The maximum Gasteiger partial charge on any atom is 0.423 e. The molecule has 14 heteroatoms. The lowest BCUT2D eigenvalue weighted by molar-refractivity contribution is -0.139. The number of halogens is 3. The van der Waals surface area contributed by atoms with Crippen LogP contribution in [-0.2, 0) is 20.4 Å². The number of hydrogen-bond donors (Lipinski definition) is 2. The van der Waals surface area contributed by atoms with Crippen molar-refractivity contribution in [3.63, 3.8) is 0 Å². The van der Waals surface area contributed by atoms with Crippen molar-refractivity contribution in [1.82, 2.24) is 19.5 Å². The number of aromatic amines is 2. The van der Waals surface area contributed by atoms with E-state index in [-0.39, 0.29) is 29.5 Å². The van der Waals surface area contributed by atoms with Gasteiger partial charge in [0.25, 0.3) is 5.56 Å². The topological polar surface area (TPSA) is 128 Å². The number of imidazole rings is 1. The summed E-state index contributed by atoms with van der Waals surface area (Å²) in [5.74, 6) is -0.431. The van der Waals surface area contributed by atoms with E-state index < -0.39 is 47.4 Å². The van der Waals surface area contributed by atoms with E-state index in [0.717, 1.165) is 5.56 Å². The van der Waals surface area contributed by atoms with E-state index in [0.29, 0.717) is 10.8 Å². The highest BCUT2D eigenvalue weighted by molar-refractivity contribution is 7.80. The molecular formula is C22H19F3N4O6S. The minimum Gasteiger partial charge on any atom is -0.474 e. The van der Waals surface area contributed by atoms with Gasteiger partial charge >= 0.3 is 17.8 Å². The van der Waals surface area contributed by atoms with Crippen LogP contribution in [0.5, 0.6) is 0 Å². The number of alkyl halides is 3. The van der Waals surface area contributed by atoms with Gasteiger partial charge in [0.15, 0.2) is 5.82 Å². The van der Waals surface area contributed by atoms with Crippen molar-refractivity contribution in [3.8, 4) is 0 Å². The van der Waals surface area contributed by atoms with Crippen LogP contribution in [-0.4, -0.2) is 49.4 Å². The van der Waals surface area contributed by atoms with E-state index in [1.54, 1.807) is 29.2 Å². The molecule has 1 saturated heterocycles. The third-order valence-electron chi connectivity index (χ3n) is 5.38. The number of esters is 1. The first-order valence-electron chi connectivity index (χ1n) is 10.5. The average Bonchev–Trinajstić information content (AvgIpc) is 3.48. The van der Waals surface area contributed by atoms with Gasteiger partial charge in [-0.3, -0.25) is 14.3 Å². The standard InChI is InChI=1S/C22H19F3N4O6S/c1-11-2-4-12(5-3-11)19(31)33-10-15-14(35-20(36)17-26-6-7-27-17)8-16(34-15)29-9-13(22(23,24)25)18(30)28-21(29)32/h2-7,9,14-16H,8,10H2,1H3,(H,26,27)(H,28,30,32)/t14-,15+,16+/m0/s1. The van der Waals surface area contributed by atoms with Crippen LogP contribution < -0.4 is 11.2 Å². The molecule has 2 N–H and O–H groups in total. The summed E-state index contributed by atoms with van der Waals surface area (Å²) in [7, 11) is 0. The highest BCUT2D eigenvalue weighted by atomic mass is 32.1. The second kappa shape index (κ2) is 10.1. The fraction of sp³-hybridized carbons (Fsp3) is 0.318. The molecule has 36 heavy (non-hydrogen) atoms. The quantitative estimate of drug-likeness (QED) is 0.372. The molecule has 1 aromatic carbocycles. The normalized spacial score (nSPS) is 19.7. The first kappa shape index (κ1) is 25.3. The number of rotatable bonds is 6. The number of H-pyrrole nitrogens is 2. The zero-order chi connectivity index (χ0) is 26.0. The summed E-state index contributed by atoms with van der Waals surface area (Å²) in [5, 5.41) is -0.0612. The summed E-state index contributed by atoms with van der Waals surface area (Å²) in [4.78, 5) is 44.8. The van der Waals surface area contributed by atoms with Crippen molar-refractivity contribution in [2.45, 2.75) is 38.0 Å². The van der Waals surface area contributed by atoms with Gasteiger partial charge in [0.1, 0.15) is 30.6 Å². The lowest BCUT2D eigenvalue weighted by Crippen LogP contribution is -2.36. The van der Waals surface area contributed by atoms with Gasteiger partial charge in [-0.1, -0.05) is 17.7 Å². The molecule has 1 aliphatic rings. The molecule has 3 heterocycles. The molecule has 3 atom stereocenters. The Bertz CT molecular complexity index is 1370. The summed E-state index contributed by atoms with van der Waals surface area (Å²) in [5.41, 5.74) is -3.02. The van der Waals surface area contributed by atoms with E-state index in [2.05, 4.69) is 9.97 Å². The minimum absolute atomic E-state index is 0.0612. The summed E-state index contributed by atoms with van der Waals surface area (Å²) < 4.78 is 57.2. The van der Waals surface area contributed by atoms with Crippen LogP contribution in [0, 0.1) is 6.92 Å². The van der Waals surface area contributed by atoms with Crippen molar-refractivity contribution in [2.75, 3.05) is 6.61 Å². The van der Waals surface area contributed by atoms with Crippen molar-refractivity contribution in [2.24, 2.45) is 0 Å². The lowest BCUT2D eigenvalue weighted by atomic mass is 10.1. The molecule has 0 bridgehead atoms. The lowest BCUT2D eigenvalue weighted by Gasteiger charge is -2.19. The number of aromatic nitrogens is 4. The number of nitrogens with zero attached hydrogens (tertiary/aromatic N) is 2. The predicted octanol–water partition coefficient (Wildman–Crippen LogP) is 2.49. The molecular weight excluding hydrogens is 505 g/mol. The number of ether oxygens (including phenoxy) is 3. The maximum atomic E-state index is 13.2. The first-order valence-corrected chi connectivity index (χ1v) is 11.0. The Kier molecular flexibility index (Phi) is 7.08. The van der Waals surface area contributed by atoms with E-state index in [1.807, 2.05) is 6.92 Å². The molecule has 10 nitrogen and oxygen atoms in total. The van der Waals surface area contributed by atoms with Crippen molar-refractivity contribution in [3.05, 3.63) is 86.2 Å². The Morgan fingerprint density at radius 1 is 1.28 bits per heavy atom. The fourth-order valence-electron chi connectivity index (χ4n) is 3.55. The van der Waals surface area contributed by atoms with E-state index in [4.69, 9.17) is 26.4 Å². The molecule has 3 aromatic rings. The fourth-order valence-corrected chi connectivity index (χ4v) is 3.78. The summed E-state index contributed by atoms with van der Waals surface area (Å²) in [6.45, 7) is 1.51. The monoisotopic (exact) mass is 524 g/mol. The molecule has 190 valence electrons. The van der Waals surface area contributed by atoms with E-state index in [1.165, 1.54) is 12.4 Å².